The van der Waals surface area contributed by atoms with Crippen molar-refractivity contribution in [2.75, 3.05) is 20.3 Å². The summed E-state index contributed by atoms with van der Waals surface area (Å²) in [6.07, 6.45) is 0.00139. The minimum absolute atomic E-state index is 0.0255. The first-order valence-electron chi connectivity index (χ1n) is 8.11. The number of hydrogen-bond donors (Lipinski definition) is 2. The van der Waals surface area contributed by atoms with Gasteiger partial charge in [-0.1, -0.05) is 0 Å². The minimum atomic E-state index is -1.47. The number of esters is 2. The summed E-state index contributed by atoms with van der Waals surface area (Å²) in [4.78, 5) is 47.6. The number of ether oxygens (including phenoxy) is 5. The fourth-order valence-corrected chi connectivity index (χ4v) is 2.55. The summed E-state index contributed by atoms with van der Waals surface area (Å²) in [6.45, 7) is -0.433. The van der Waals surface area contributed by atoms with Crippen molar-refractivity contribution in [3.63, 3.8) is 0 Å². The summed E-state index contributed by atoms with van der Waals surface area (Å²) in [5.41, 5.74) is 5.30. The number of hydrogen-bond acceptors (Lipinski definition) is 10. The van der Waals surface area contributed by atoms with Crippen LogP contribution in [0.5, 0.6) is 0 Å². The van der Waals surface area contributed by atoms with Gasteiger partial charge in [-0.05, 0) is 6.92 Å². The Bertz CT molecular complexity index is 716. The number of carbonyl (C=O) groups is 4. The Kier molecular flexibility index (Phi) is 6.82. The van der Waals surface area contributed by atoms with Gasteiger partial charge in [0.15, 0.2) is 12.4 Å². The largest absolute Gasteiger partial charge is 0.466 e. The van der Waals surface area contributed by atoms with Crippen LogP contribution in [0.25, 0.3) is 0 Å². The highest BCUT2D eigenvalue weighted by molar-refractivity contribution is 5.91. The Hall–Kier alpha value is -3.28. The average Bonchev–Trinajstić information content (AvgIpc) is 3.20. The van der Waals surface area contributed by atoms with Gasteiger partial charge in [0, 0.05) is 18.6 Å². The molecule has 2 aliphatic rings. The monoisotopic (exact) mass is 400 g/mol. The lowest BCUT2D eigenvalue weighted by molar-refractivity contribution is -0.194. The van der Waals surface area contributed by atoms with Gasteiger partial charge < -0.3 is 34.5 Å². The van der Waals surface area contributed by atoms with Crippen LogP contribution < -0.4 is 5.73 Å². The molecule has 2 rings (SSSR count). The van der Waals surface area contributed by atoms with E-state index in [1.54, 1.807) is 0 Å². The molecule has 2 amide bonds. The maximum absolute atomic E-state index is 12.3. The zero-order chi connectivity index (χ0) is 20.8. The number of rotatable bonds is 6. The van der Waals surface area contributed by atoms with Gasteiger partial charge in [0.25, 0.3) is 0 Å². The average molecular weight is 400 g/mol. The molecule has 0 spiro atoms. The van der Waals surface area contributed by atoms with Crippen LogP contribution in [0.3, 0.4) is 0 Å². The van der Waals surface area contributed by atoms with Crippen LogP contribution in [-0.2, 0) is 38.1 Å². The molecule has 0 radical (unpaired) electrons. The summed E-state index contributed by atoms with van der Waals surface area (Å²) >= 11 is 0. The Morgan fingerprint density at radius 2 is 1.93 bits per heavy atom. The van der Waals surface area contributed by atoms with E-state index in [4.69, 9.17) is 24.7 Å². The molecule has 2 heterocycles. The predicted octanol–water partition coefficient (Wildman–Crippen LogP) is -1.12. The highest BCUT2D eigenvalue weighted by Gasteiger charge is 2.41. The molecule has 0 aromatic carbocycles. The van der Waals surface area contributed by atoms with E-state index >= 15 is 0 Å². The van der Waals surface area contributed by atoms with E-state index in [9.17, 15) is 24.3 Å². The standard InChI is InChI=1S/C16H20N2O10/c1-8-11(28-16(23)26-8)7-25-15(22)18-6-9(5-10(18)14(17)21)27-13(20)4-3-12(19)24-2/h3-4,9-10,16,23H,5-7H2,1-2H3,(H2,17,21)/b4-3+/t9-,10+,16?/m1/s1. The second-order valence-corrected chi connectivity index (χ2v) is 5.80. The first-order valence-corrected chi connectivity index (χ1v) is 8.11. The molecule has 2 aliphatic heterocycles. The van der Waals surface area contributed by atoms with Crippen molar-refractivity contribution in [3.05, 3.63) is 23.7 Å². The van der Waals surface area contributed by atoms with Crippen molar-refractivity contribution < 1.29 is 48.0 Å². The summed E-state index contributed by atoms with van der Waals surface area (Å²) in [5, 5.41) is 9.19. The molecule has 0 bridgehead atoms. The Labute approximate surface area is 159 Å². The number of likely N-dealkylation sites (tertiary alicyclic amines) is 1. The van der Waals surface area contributed by atoms with Crippen molar-refractivity contribution in [1.82, 2.24) is 4.90 Å². The molecule has 0 saturated carbocycles. The third kappa shape index (κ3) is 5.36. The first-order chi connectivity index (χ1) is 13.2. The fraction of sp³-hybridized carbons (Fsp3) is 0.500. The molecule has 0 aromatic heterocycles. The van der Waals surface area contributed by atoms with Crippen LogP contribution in [0.15, 0.2) is 23.7 Å². The molecular formula is C16H20N2O10. The third-order valence-corrected chi connectivity index (χ3v) is 3.91. The lowest BCUT2D eigenvalue weighted by Gasteiger charge is -2.21. The quantitative estimate of drug-likeness (QED) is 0.317. The molecule has 1 fully saturated rings. The Balaban J connectivity index is 1.93. The molecule has 1 saturated heterocycles. The number of aliphatic hydroxyl groups is 1. The summed E-state index contributed by atoms with van der Waals surface area (Å²) in [7, 11) is 1.15. The predicted molar refractivity (Wildman–Crippen MR) is 87.6 cm³/mol. The van der Waals surface area contributed by atoms with Gasteiger partial charge in [0.2, 0.25) is 5.91 Å². The molecule has 12 nitrogen and oxygen atoms in total. The molecule has 1 unspecified atom stereocenters. The van der Waals surface area contributed by atoms with Gasteiger partial charge in [-0.25, -0.2) is 14.4 Å². The Morgan fingerprint density at radius 3 is 2.50 bits per heavy atom. The van der Waals surface area contributed by atoms with E-state index in [0.29, 0.717) is 0 Å². The van der Waals surface area contributed by atoms with Crippen molar-refractivity contribution in [3.8, 4) is 0 Å². The zero-order valence-electron chi connectivity index (χ0n) is 15.2. The second kappa shape index (κ2) is 9.08. The van der Waals surface area contributed by atoms with Crippen molar-refractivity contribution in [2.24, 2.45) is 5.73 Å². The maximum Gasteiger partial charge on any atom is 0.411 e. The minimum Gasteiger partial charge on any atom is -0.466 e. The third-order valence-electron chi connectivity index (χ3n) is 3.91. The smallest absolute Gasteiger partial charge is 0.411 e. The van der Waals surface area contributed by atoms with Gasteiger partial charge >= 0.3 is 24.5 Å². The number of allylic oxidation sites excluding steroid dienone is 1. The summed E-state index contributed by atoms with van der Waals surface area (Å²) < 4.78 is 24.2. The van der Waals surface area contributed by atoms with Gasteiger partial charge in [-0.15, -0.1) is 0 Å². The number of nitrogens with zero attached hydrogens (tertiary/aromatic N) is 1. The summed E-state index contributed by atoms with van der Waals surface area (Å²) in [5.74, 6) is -2.02. The van der Waals surface area contributed by atoms with Crippen LogP contribution in [-0.4, -0.2) is 72.8 Å². The molecule has 0 aromatic rings. The number of aliphatic hydroxyl groups excluding tert-OH is 1. The van der Waals surface area contributed by atoms with E-state index in [1.165, 1.54) is 6.92 Å². The molecule has 3 atom stereocenters. The van der Waals surface area contributed by atoms with Crippen LogP contribution >= 0.6 is 0 Å². The molecule has 3 N–H and O–H groups in total. The molecule has 12 heteroatoms. The lowest BCUT2D eigenvalue weighted by atomic mass is 10.2. The highest BCUT2D eigenvalue weighted by atomic mass is 16.8. The van der Waals surface area contributed by atoms with E-state index < -0.39 is 42.6 Å². The zero-order valence-corrected chi connectivity index (χ0v) is 15.2. The molecule has 28 heavy (non-hydrogen) atoms. The normalized spacial score (nSPS) is 24.0. The van der Waals surface area contributed by atoms with Crippen LogP contribution in [0.2, 0.25) is 0 Å². The van der Waals surface area contributed by atoms with Crippen LogP contribution in [0, 0.1) is 0 Å². The van der Waals surface area contributed by atoms with Crippen molar-refractivity contribution in [1.29, 1.82) is 0 Å². The number of amides is 2. The highest BCUT2D eigenvalue weighted by Crippen LogP contribution is 2.23. The van der Waals surface area contributed by atoms with Gasteiger partial charge in [-0.2, -0.15) is 0 Å². The van der Waals surface area contributed by atoms with Crippen LogP contribution in [0.1, 0.15) is 13.3 Å². The molecule has 154 valence electrons. The van der Waals surface area contributed by atoms with E-state index in [2.05, 4.69) is 4.74 Å². The van der Waals surface area contributed by atoms with Crippen molar-refractivity contribution in [2.45, 2.75) is 32.0 Å². The van der Waals surface area contributed by atoms with E-state index in [-0.39, 0.29) is 31.1 Å². The van der Waals surface area contributed by atoms with Crippen molar-refractivity contribution >= 4 is 23.9 Å². The Morgan fingerprint density at radius 1 is 1.25 bits per heavy atom. The fourth-order valence-electron chi connectivity index (χ4n) is 2.55. The first kappa shape index (κ1) is 21.0. The number of methoxy groups -OCH3 is 1. The van der Waals surface area contributed by atoms with E-state index in [1.807, 2.05) is 0 Å². The number of nitrogens with two attached hydrogens (primary N) is 1. The maximum atomic E-state index is 12.3. The SMILES string of the molecule is COC(=O)/C=C/C(=O)O[C@@H]1C[C@@H](C(N)=O)N(C(=O)OCC2=C(C)OC(O)O2)C1. The molecule has 0 aliphatic carbocycles. The van der Waals surface area contributed by atoms with E-state index in [0.717, 1.165) is 24.2 Å². The summed E-state index contributed by atoms with van der Waals surface area (Å²) in [6, 6.07) is -1.05. The van der Waals surface area contributed by atoms with Gasteiger partial charge in [0.05, 0.1) is 13.7 Å². The molecular weight excluding hydrogens is 380 g/mol. The number of primary amides is 1. The lowest BCUT2D eigenvalue weighted by Crippen LogP contribution is -2.44. The van der Waals surface area contributed by atoms with Gasteiger partial charge in [-0.3, -0.25) is 9.69 Å². The van der Waals surface area contributed by atoms with Gasteiger partial charge in [0.1, 0.15) is 17.9 Å². The number of carbonyl (C=O) groups excluding carboxylic acids is 4. The topological polar surface area (TPSA) is 164 Å². The second-order valence-electron chi connectivity index (χ2n) is 5.80. The van der Waals surface area contributed by atoms with Crippen LogP contribution in [0.4, 0.5) is 4.79 Å².